The summed E-state index contributed by atoms with van der Waals surface area (Å²) in [6, 6.07) is 6.29. The summed E-state index contributed by atoms with van der Waals surface area (Å²) in [6.45, 7) is 0.400. The summed E-state index contributed by atoms with van der Waals surface area (Å²) in [7, 11) is 1.65. The minimum atomic E-state index is -0.921. The van der Waals surface area contributed by atoms with Gasteiger partial charge in [-0.25, -0.2) is 4.79 Å². The lowest BCUT2D eigenvalue weighted by molar-refractivity contribution is -0.137. The van der Waals surface area contributed by atoms with Crippen molar-refractivity contribution in [3.05, 3.63) is 29.3 Å². The van der Waals surface area contributed by atoms with Gasteiger partial charge in [-0.15, -0.1) is 0 Å². The summed E-state index contributed by atoms with van der Waals surface area (Å²) in [6.07, 6.45) is -0.0808. The first-order chi connectivity index (χ1) is 8.49. The maximum absolute atomic E-state index is 12.0. The second kappa shape index (κ2) is 4.86. The molecule has 1 heterocycles. The maximum Gasteiger partial charge on any atom is 0.324 e. The highest BCUT2D eigenvalue weighted by atomic mass is 35.5. The molecule has 1 saturated heterocycles. The molecule has 5 nitrogen and oxygen atoms in total. The van der Waals surface area contributed by atoms with E-state index in [9.17, 15) is 9.59 Å². The maximum atomic E-state index is 12.0. The molecule has 1 N–H and O–H groups in total. The third-order valence-corrected chi connectivity index (χ3v) is 3.11. The zero-order valence-corrected chi connectivity index (χ0v) is 10.6. The highest BCUT2D eigenvalue weighted by Gasteiger charge is 2.37. The van der Waals surface area contributed by atoms with Gasteiger partial charge in [-0.3, -0.25) is 9.69 Å². The molecule has 1 aromatic rings. The number of nitrogens with zero attached hydrogens (tertiary/aromatic N) is 2. The van der Waals surface area contributed by atoms with E-state index in [4.69, 9.17) is 16.7 Å². The van der Waals surface area contributed by atoms with Gasteiger partial charge in [0.2, 0.25) is 0 Å². The quantitative estimate of drug-likeness (QED) is 0.913. The molecule has 1 atom stereocenters. The minimum absolute atomic E-state index is 0.0808. The first kappa shape index (κ1) is 12.7. The molecule has 0 aliphatic carbocycles. The van der Waals surface area contributed by atoms with Crippen LogP contribution in [0.15, 0.2) is 24.3 Å². The van der Waals surface area contributed by atoms with E-state index in [1.54, 1.807) is 31.3 Å². The zero-order valence-electron chi connectivity index (χ0n) is 9.84. The normalized spacial score (nSPS) is 19.4. The van der Waals surface area contributed by atoms with E-state index in [-0.39, 0.29) is 18.5 Å². The van der Waals surface area contributed by atoms with Crippen LogP contribution in [-0.2, 0) is 4.79 Å². The van der Waals surface area contributed by atoms with Gasteiger partial charge in [0, 0.05) is 24.3 Å². The van der Waals surface area contributed by atoms with E-state index in [1.165, 1.54) is 9.80 Å². The Morgan fingerprint density at radius 1 is 1.56 bits per heavy atom. The van der Waals surface area contributed by atoms with E-state index < -0.39 is 5.97 Å². The number of benzene rings is 1. The van der Waals surface area contributed by atoms with E-state index in [0.717, 1.165) is 0 Å². The Morgan fingerprint density at radius 2 is 2.28 bits per heavy atom. The van der Waals surface area contributed by atoms with Gasteiger partial charge in [0.05, 0.1) is 12.5 Å². The predicted molar refractivity (Wildman–Crippen MR) is 68.0 cm³/mol. The SMILES string of the molecule is CN1CC(CC(=O)O)N(c2cccc(Cl)c2)C1=O. The molecule has 96 valence electrons. The summed E-state index contributed by atoms with van der Waals surface area (Å²) >= 11 is 5.89. The van der Waals surface area contributed by atoms with Crippen LogP contribution in [0, 0.1) is 0 Å². The molecule has 0 bridgehead atoms. The van der Waals surface area contributed by atoms with E-state index in [0.29, 0.717) is 17.3 Å². The van der Waals surface area contributed by atoms with Crippen LogP contribution in [0.1, 0.15) is 6.42 Å². The first-order valence-corrected chi connectivity index (χ1v) is 5.88. The summed E-state index contributed by atoms with van der Waals surface area (Å²) in [5.41, 5.74) is 0.628. The average Bonchev–Trinajstić information content (AvgIpc) is 2.53. The number of rotatable bonds is 3. The topological polar surface area (TPSA) is 60.9 Å². The zero-order chi connectivity index (χ0) is 13.3. The number of carbonyl (C=O) groups is 2. The van der Waals surface area contributed by atoms with Gasteiger partial charge in [-0.1, -0.05) is 17.7 Å². The van der Waals surface area contributed by atoms with E-state index >= 15 is 0 Å². The van der Waals surface area contributed by atoms with Gasteiger partial charge in [0.1, 0.15) is 0 Å². The molecule has 1 aliphatic rings. The lowest BCUT2D eigenvalue weighted by Crippen LogP contribution is -2.35. The number of halogens is 1. The van der Waals surface area contributed by atoms with Crippen molar-refractivity contribution in [1.29, 1.82) is 0 Å². The number of amides is 2. The van der Waals surface area contributed by atoms with Gasteiger partial charge < -0.3 is 10.0 Å². The second-order valence-corrected chi connectivity index (χ2v) is 4.70. The van der Waals surface area contributed by atoms with Crippen LogP contribution in [-0.4, -0.2) is 41.6 Å². The van der Waals surface area contributed by atoms with Crippen LogP contribution in [0.5, 0.6) is 0 Å². The monoisotopic (exact) mass is 268 g/mol. The molecule has 1 unspecified atom stereocenters. The van der Waals surface area contributed by atoms with Crippen LogP contribution < -0.4 is 4.90 Å². The van der Waals surface area contributed by atoms with Crippen molar-refractivity contribution in [1.82, 2.24) is 4.90 Å². The Morgan fingerprint density at radius 3 is 2.89 bits per heavy atom. The van der Waals surface area contributed by atoms with Gasteiger partial charge >= 0.3 is 12.0 Å². The smallest absolute Gasteiger partial charge is 0.324 e. The second-order valence-electron chi connectivity index (χ2n) is 4.26. The van der Waals surface area contributed by atoms with Crippen LogP contribution in [0.25, 0.3) is 0 Å². The lowest BCUT2D eigenvalue weighted by Gasteiger charge is -2.22. The molecule has 2 amide bonds. The number of carboxylic acids is 1. The van der Waals surface area contributed by atoms with Crippen LogP contribution >= 0.6 is 11.6 Å². The molecule has 1 aliphatic heterocycles. The highest BCUT2D eigenvalue weighted by molar-refractivity contribution is 6.30. The van der Waals surface area contributed by atoms with Crippen molar-refractivity contribution in [2.45, 2.75) is 12.5 Å². The van der Waals surface area contributed by atoms with Crippen molar-refractivity contribution < 1.29 is 14.7 Å². The molecule has 0 spiro atoms. The fourth-order valence-electron chi connectivity index (χ4n) is 2.12. The molecule has 2 rings (SSSR count). The molecule has 1 fully saturated rings. The molecule has 6 heteroatoms. The molecule has 0 aromatic heterocycles. The largest absolute Gasteiger partial charge is 0.481 e. The summed E-state index contributed by atoms with van der Waals surface area (Å²) < 4.78 is 0. The number of anilines is 1. The molecular formula is C12H13ClN2O3. The van der Waals surface area contributed by atoms with Gasteiger partial charge in [0.25, 0.3) is 0 Å². The Labute approximate surface area is 110 Å². The molecule has 0 saturated carbocycles. The Kier molecular flexibility index (Phi) is 3.43. The van der Waals surface area contributed by atoms with Crippen LogP contribution in [0.2, 0.25) is 5.02 Å². The predicted octanol–water partition coefficient (Wildman–Crippen LogP) is 2.06. The van der Waals surface area contributed by atoms with Crippen molar-refractivity contribution in [2.75, 3.05) is 18.5 Å². The van der Waals surface area contributed by atoms with Crippen molar-refractivity contribution >= 4 is 29.3 Å². The minimum Gasteiger partial charge on any atom is -0.481 e. The first-order valence-electron chi connectivity index (χ1n) is 5.50. The van der Waals surface area contributed by atoms with E-state index in [2.05, 4.69) is 0 Å². The summed E-state index contributed by atoms with van der Waals surface area (Å²) in [4.78, 5) is 25.8. The number of carboxylic acid groups (broad SMARTS) is 1. The van der Waals surface area contributed by atoms with Gasteiger partial charge in [-0.2, -0.15) is 0 Å². The number of hydrogen-bond acceptors (Lipinski definition) is 2. The third-order valence-electron chi connectivity index (χ3n) is 2.88. The van der Waals surface area contributed by atoms with Crippen LogP contribution in [0.4, 0.5) is 10.5 Å². The van der Waals surface area contributed by atoms with Gasteiger partial charge in [-0.05, 0) is 18.2 Å². The fourth-order valence-corrected chi connectivity index (χ4v) is 2.31. The van der Waals surface area contributed by atoms with Crippen molar-refractivity contribution in [2.24, 2.45) is 0 Å². The fraction of sp³-hybridized carbons (Fsp3) is 0.333. The third kappa shape index (κ3) is 2.41. The summed E-state index contributed by atoms with van der Waals surface area (Å²) in [5.74, 6) is -0.921. The molecular weight excluding hydrogens is 256 g/mol. The number of hydrogen-bond donors (Lipinski definition) is 1. The standard InChI is InChI=1S/C12H13ClN2O3/c1-14-7-10(6-11(16)17)15(12(14)18)9-4-2-3-8(13)5-9/h2-5,10H,6-7H2,1H3,(H,16,17). The summed E-state index contributed by atoms with van der Waals surface area (Å²) in [5, 5.41) is 9.40. The van der Waals surface area contributed by atoms with Gasteiger partial charge in [0.15, 0.2) is 0 Å². The molecule has 18 heavy (non-hydrogen) atoms. The van der Waals surface area contributed by atoms with Crippen molar-refractivity contribution in [3.63, 3.8) is 0 Å². The molecule has 0 radical (unpaired) electrons. The molecule has 1 aromatic carbocycles. The average molecular weight is 269 g/mol. The van der Waals surface area contributed by atoms with Crippen LogP contribution in [0.3, 0.4) is 0 Å². The Hall–Kier alpha value is -1.75. The number of urea groups is 1. The number of carbonyl (C=O) groups excluding carboxylic acids is 1. The highest BCUT2D eigenvalue weighted by Crippen LogP contribution is 2.27. The van der Waals surface area contributed by atoms with E-state index in [1.807, 2.05) is 0 Å². The lowest BCUT2D eigenvalue weighted by atomic mass is 10.1. The number of aliphatic carboxylic acids is 1. The Balaban J connectivity index is 2.32. The Bertz CT molecular complexity index is 492. The van der Waals surface area contributed by atoms with Crippen molar-refractivity contribution in [3.8, 4) is 0 Å². The number of likely N-dealkylation sites (N-methyl/N-ethyl adjacent to an activating group) is 1.